The molecular weight excluding hydrogens is 115 g/mol. The summed E-state index contributed by atoms with van der Waals surface area (Å²) >= 11 is 0. The summed E-state index contributed by atoms with van der Waals surface area (Å²) < 4.78 is 24.4. The van der Waals surface area contributed by atoms with E-state index >= 15 is 0 Å². The van der Waals surface area contributed by atoms with E-state index in [1.165, 1.54) is 0 Å². The summed E-state index contributed by atoms with van der Waals surface area (Å²) in [5.74, 6) is 0. The molecule has 0 unspecified atom stereocenters. The second-order valence-corrected chi connectivity index (χ2v) is 3.02. The standard InChI is InChI=1S/C2H8BO3S/c1-3-6-7(2,4)5/h3H2,1-2H3/q-1. The lowest BCUT2D eigenvalue weighted by Crippen LogP contribution is -2.03. The van der Waals surface area contributed by atoms with E-state index in [-0.39, 0.29) is 0 Å². The molecule has 0 heterocycles. The first kappa shape index (κ1) is 6.97. The van der Waals surface area contributed by atoms with E-state index < -0.39 is 17.6 Å². The molecule has 5 heteroatoms. The molecule has 0 saturated carbocycles. The second-order valence-electron chi connectivity index (χ2n) is 1.28. The van der Waals surface area contributed by atoms with Crippen molar-refractivity contribution in [1.82, 2.24) is 0 Å². The van der Waals surface area contributed by atoms with Gasteiger partial charge in [-0.1, -0.05) is 0 Å². The Kier molecular flexibility index (Phi) is 2.32. The zero-order valence-electron chi connectivity index (χ0n) is 4.63. The van der Waals surface area contributed by atoms with Gasteiger partial charge in [-0.05, 0) is 0 Å². The second kappa shape index (κ2) is 2.33. The summed E-state index contributed by atoms with van der Waals surface area (Å²) in [6.45, 7) is 1.75. The molecular formula is C2H8BO3S-. The van der Waals surface area contributed by atoms with Crippen LogP contribution in [-0.2, 0) is 14.2 Å². The van der Waals surface area contributed by atoms with Crippen molar-refractivity contribution in [2.75, 3.05) is 6.26 Å². The van der Waals surface area contributed by atoms with Gasteiger partial charge in [0.15, 0.2) is 0 Å². The van der Waals surface area contributed by atoms with Gasteiger partial charge < -0.3 is 4.10 Å². The monoisotopic (exact) mass is 123 g/mol. The summed E-state index contributed by atoms with van der Waals surface area (Å²) in [6, 6.07) is 0. The van der Waals surface area contributed by atoms with Crippen LogP contribution in [0.1, 0.15) is 0 Å². The molecule has 0 aromatic heterocycles. The van der Waals surface area contributed by atoms with Gasteiger partial charge in [0, 0.05) is 0 Å². The van der Waals surface area contributed by atoms with Crippen molar-refractivity contribution in [2.24, 2.45) is 0 Å². The van der Waals surface area contributed by atoms with Crippen molar-refractivity contribution in [3.05, 3.63) is 0 Å². The fraction of sp³-hybridized carbons (Fsp3) is 1.00. The van der Waals surface area contributed by atoms with Crippen LogP contribution in [0.2, 0.25) is 6.82 Å². The molecule has 0 atom stereocenters. The Labute approximate surface area is 44.1 Å². The summed E-state index contributed by atoms with van der Waals surface area (Å²) in [5.41, 5.74) is 0. The van der Waals surface area contributed by atoms with Crippen LogP contribution in [0.15, 0.2) is 0 Å². The van der Waals surface area contributed by atoms with Crippen molar-refractivity contribution < 1.29 is 12.5 Å². The van der Waals surface area contributed by atoms with E-state index in [2.05, 4.69) is 4.10 Å². The molecule has 0 rings (SSSR count). The summed E-state index contributed by atoms with van der Waals surface area (Å²) in [7, 11) is -3.80. The molecule has 0 aliphatic heterocycles. The van der Waals surface area contributed by atoms with Gasteiger partial charge in [-0.15, -0.1) is 0 Å². The lowest BCUT2D eigenvalue weighted by atomic mass is 10.1. The first-order chi connectivity index (χ1) is 3.06. The molecule has 7 heavy (non-hydrogen) atoms. The maximum absolute atomic E-state index is 10.0. The van der Waals surface area contributed by atoms with Gasteiger partial charge in [0.2, 0.25) is 10.1 Å². The van der Waals surface area contributed by atoms with E-state index in [4.69, 9.17) is 0 Å². The quantitative estimate of drug-likeness (QED) is 0.446. The molecule has 0 aliphatic carbocycles. The SMILES string of the molecule is C[BH2-]OS(C)(=O)=O. The van der Waals surface area contributed by atoms with Crippen LogP contribution in [0.3, 0.4) is 0 Å². The average molecular weight is 123 g/mol. The van der Waals surface area contributed by atoms with Gasteiger partial charge in [0.25, 0.3) is 0 Å². The number of rotatable bonds is 2. The van der Waals surface area contributed by atoms with Crippen LogP contribution >= 0.6 is 0 Å². The minimum atomic E-state index is -3.12. The van der Waals surface area contributed by atoms with Gasteiger partial charge in [0.1, 0.15) is 7.48 Å². The highest BCUT2D eigenvalue weighted by molar-refractivity contribution is 7.86. The van der Waals surface area contributed by atoms with E-state index in [0.29, 0.717) is 0 Å². The van der Waals surface area contributed by atoms with E-state index in [9.17, 15) is 8.42 Å². The number of hydrogen-bond donors (Lipinski definition) is 0. The first-order valence-corrected chi connectivity index (χ1v) is 4.13. The topological polar surface area (TPSA) is 43.4 Å². The minimum Gasteiger partial charge on any atom is -0.494 e. The molecule has 0 N–H and O–H groups in total. The van der Waals surface area contributed by atoms with Gasteiger partial charge in [-0.2, -0.15) is 6.82 Å². The number of hydrogen-bond acceptors (Lipinski definition) is 3. The fourth-order valence-electron chi connectivity index (χ4n) is 0.303. The molecule has 0 bridgehead atoms. The van der Waals surface area contributed by atoms with Gasteiger partial charge >= 0.3 is 0 Å². The summed E-state index contributed by atoms with van der Waals surface area (Å²) in [6.07, 6.45) is 1.06. The van der Waals surface area contributed by atoms with E-state index in [1.807, 2.05) is 0 Å². The predicted molar refractivity (Wildman–Crippen MR) is 30.3 cm³/mol. The lowest BCUT2D eigenvalue weighted by Gasteiger charge is -1.99. The van der Waals surface area contributed by atoms with Gasteiger partial charge in [-0.25, -0.2) is 8.42 Å². The Bertz CT molecular complexity index is 126. The Morgan fingerprint density at radius 1 is 1.57 bits per heavy atom. The van der Waals surface area contributed by atoms with Crippen LogP contribution in [0.25, 0.3) is 0 Å². The van der Waals surface area contributed by atoms with Crippen LogP contribution in [0.4, 0.5) is 0 Å². The maximum Gasteiger partial charge on any atom is 0.223 e. The fourth-order valence-corrected chi connectivity index (χ4v) is 0.908. The molecule has 0 saturated heterocycles. The van der Waals surface area contributed by atoms with Crippen LogP contribution < -0.4 is 0 Å². The normalized spacial score (nSPS) is 11.7. The zero-order chi connectivity index (χ0) is 5.91. The summed E-state index contributed by atoms with van der Waals surface area (Å²) in [4.78, 5) is 0. The van der Waals surface area contributed by atoms with E-state index in [0.717, 1.165) is 6.26 Å². The molecule has 0 aliphatic rings. The van der Waals surface area contributed by atoms with Crippen molar-refractivity contribution in [3.8, 4) is 0 Å². The minimum absolute atomic E-state index is 0.678. The lowest BCUT2D eigenvalue weighted by molar-refractivity contribution is 0.509. The van der Waals surface area contributed by atoms with Crippen molar-refractivity contribution >= 4 is 17.6 Å². The molecule has 3 nitrogen and oxygen atoms in total. The third kappa shape index (κ3) is 5.97. The van der Waals surface area contributed by atoms with Crippen molar-refractivity contribution in [3.63, 3.8) is 0 Å². The predicted octanol–water partition coefficient (Wildman–Crippen LogP) is -0.905. The Morgan fingerprint density at radius 2 is 2.00 bits per heavy atom. The molecule has 44 valence electrons. The third-order valence-corrected chi connectivity index (χ3v) is 1.41. The Morgan fingerprint density at radius 3 is 2.00 bits per heavy atom. The van der Waals surface area contributed by atoms with Crippen LogP contribution in [0.5, 0.6) is 0 Å². The third-order valence-electron chi connectivity index (χ3n) is 0.469. The highest BCUT2D eigenvalue weighted by Crippen LogP contribution is 1.80. The molecule has 0 aromatic rings. The Hall–Kier alpha value is -0.0251. The molecule has 0 aromatic carbocycles. The zero-order valence-corrected chi connectivity index (χ0v) is 5.45. The van der Waals surface area contributed by atoms with Crippen molar-refractivity contribution in [2.45, 2.75) is 6.82 Å². The van der Waals surface area contributed by atoms with Gasteiger partial charge in [-0.3, -0.25) is 0 Å². The molecule has 0 fully saturated rings. The smallest absolute Gasteiger partial charge is 0.223 e. The molecule has 0 spiro atoms. The molecule has 0 amide bonds. The van der Waals surface area contributed by atoms with Crippen molar-refractivity contribution in [1.29, 1.82) is 0 Å². The average Bonchev–Trinajstić information content (AvgIpc) is 1.30. The first-order valence-electron chi connectivity index (χ1n) is 2.32. The van der Waals surface area contributed by atoms with E-state index in [1.54, 1.807) is 6.82 Å². The summed E-state index contributed by atoms with van der Waals surface area (Å²) in [5, 5.41) is 0. The van der Waals surface area contributed by atoms with Crippen LogP contribution in [-0.4, -0.2) is 22.2 Å². The Balaban J connectivity index is 3.60. The van der Waals surface area contributed by atoms with Gasteiger partial charge in [0.05, 0.1) is 6.26 Å². The molecule has 0 radical (unpaired) electrons. The highest BCUT2D eigenvalue weighted by Gasteiger charge is 1.88. The largest absolute Gasteiger partial charge is 0.494 e. The maximum atomic E-state index is 10.0. The van der Waals surface area contributed by atoms with Crippen LogP contribution in [0, 0.1) is 0 Å². The highest BCUT2D eigenvalue weighted by atomic mass is 32.2.